The first kappa shape index (κ1) is 16.3. The molecule has 1 aromatic heterocycles. The van der Waals surface area contributed by atoms with Crippen molar-refractivity contribution in [3.05, 3.63) is 47.7 Å². The van der Waals surface area contributed by atoms with Crippen LogP contribution in [0, 0.1) is 0 Å². The van der Waals surface area contributed by atoms with Crippen LogP contribution in [0.25, 0.3) is 0 Å². The first-order chi connectivity index (χ1) is 11.5. The van der Waals surface area contributed by atoms with Crippen LogP contribution in [0.4, 0.5) is 11.5 Å². The number of benzene rings is 1. The Balaban J connectivity index is 1.84. The maximum atomic E-state index is 12.8. The molecule has 3 N–H and O–H groups in total. The van der Waals surface area contributed by atoms with Crippen molar-refractivity contribution in [3.8, 4) is 5.75 Å². The van der Waals surface area contributed by atoms with Gasteiger partial charge < -0.3 is 20.7 Å². The number of nitrogens with zero attached hydrogens (tertiary/aromatic N) is 2. The van der Waals surface area contributed by atoms with E-state index in [1.165, 1.54) is 0 Å². The van der Waals surface area contributed by atoms with Gasteiger partial charge in [0.25, 0.3) is 0 Å². The summed E-state index contributed by atoms with van der Waals surface area (Å²) in [5.74, 6) is 1.02. The normalized spacial score (nSPS) is 18.8. The summed E-state index contributed by atoms with van der Waals surface area (Å²) in [6, 6.07) is 9.33. The second kappa shape index (κ2) is 6.13. The van der Waals surface area contributed by atoms with Gasteiger partial charge in [-0.2, -0.15) is 0 Å². The Bertz CT molecular complexity index is 758. The molecule has 0 saturated carbocycles. The van der Waals surface area contributed by atoms with Gasteiger partial charge >= 0.3 is 0 Å². The summed E-state index contributed by atoms with van der Waals surface area (Å²) in [4.78, 5) is 19.0. The minimum Gasteiger partial charge on any atom is -0.496 e. The molecule has 1 heterocycles. The third-order valence-corrected chi connectivity index (χ3v) is 4.51. The predicted octanol–water partition coefficient (Wildman–Crippen LogP) is 1.90. The largest absolute Gasteiger partial charge is 0.496 e. The number of carbonyl (C=O) groups is 1. The van der Waals surface area contributed by atoms with E-state index in [0.29, 0.717) is 12.2 Å². The number of amides is 1. The van der Waals surface area contributed by atoms with Crippen molar-refractivity contribution in [2.45, 2.75) is 18.4 Å². The van der Waals surface area contributed by atoms with E-state index in [9.17, 15) is 4.79 Å². The molecule has 0 spiro atoms. The summed E-state index contributed by atoms with van der Waals surface area (Å²) in [7, 11) is 5.50. The lowest BCUT2D eigenvalue weighted by Crippen LogP contribution is -2.46. The fraction of sp³-hybridized carbons (Fsp3) is 0.333. The Hall–Kier alpha value is -2.60. The lowest BCUT2D eigenvalue weighted by molar-refractivity contribution is -0.121. The van der Waals surface area contributed by atoms with Crippen molar-refractivity contribution < 1.29 is 9.53 Å². The predicted molar refractivity (Wildman–Crippen MR) is 94.4 cm³/mol. The molecule has 6 heteroatoms. The van der Waals surface area contributed by atoms with Crippen LogP contribution in [0.15, 0.2) is 36.5 Å². The summed E-state index contributed by atoms with van der Waals surface area (Å²) in [6.07, 6.45) is 2.98. The van der Waals surface area contributed by atoms with Crippen molar-refractivity contribution in [1.82, 2.24) is 4.98 Å². The second-order valence-corrected chi connectivity index (χ2v) is 6.21. The lowest BCUT2D eigenvalue weighted by Gasteiger charge is -2.24. The number of methoxy groups -OCH3 is 1. The molecule has 0 fully saturated rings. The number of ether oxygens (including phenoxy) is 1. The third kappa shape index (κ3) is 2.69. The molecule has 1 atom stereocenters. The van der Waals surface area contributed by atoms with E-state index in [4.69, 9.17) is 10.5 Å². The van der Waals surface area contributed by atoms with E-state index in [2.05, 4.69) is 10.3 Å². The molecule has 0 bridgehead atoms. The molecule has 1 unspecified atom stereocenters. The van der Waals surface area contributed by atoms with Crippen LogP contribution in [0.5, 0.6) is 5.75 Å². The SMILES string of the molecule is COc1cccc2c1CCC2(N)C(=O)Nc1ccc(N(C)C)cn1. The summed E-state index contributed by atoms with van der Waals surface area (Å²) >= 11 is 0. The van der Waals surface area contributed by atoms with Crippen molar-refractivity contribution in [2.75, 3.05) is 31.4 Å². The monoisotopic (exact) mass is 326 g/mol. The van der Waals surface area contributed by atoms with E-state index in [0.717, 1.165) is 29.0 Å². The Kier molecular flexibility index (Phi) is 4.15. The van der Waals surface area contributed by atoms with Crippen LogP contribution in [-0.2, 0) is 16.8 Å². The molecular weight excluding hydrogens is 304 g/mol. The fourth-order valence-electron chi connectivity index (χ4n) is 3.08. The van der Waals surface area contributed by atoms with Crippen LogP contribution in [0.3, 0.4) is 0 Å². The average molecular weight is 326 g/mol. The number of carbonyl (C=O) groups excluding carboxylic acids is 1. The summed E-state index contributed by atoms with van der Waals surface area (Å²) in [6.45, 7) is 0. The van der Waals surface area contributed by atoms with E-state index in [-0.39, 0.29) is 5.91 Å². The number of hydrogen-bond acceptors (Lipinski definition) is 5. The van der Waals surface area contributed by atoms with Gasteiger partial charge in [0.2, 0.25) is 5.91 Å². The molecule has 126 valence electrons. The number of nitrogens with two attached hydrogens (primary N) is 1. The molecule has 6 nitrogen and oxygen atoms in total. The van der Waals surface area contributed by atoms with Crippen LogP contribution in [0.2, 0.25) is 0 Å². The van der Waals surface area contributed by atoms with Crippen LogP contribution in [-0.4, -0.2) is 32.1 Å². The van der Waals surface area contributed by atoms with Crippen molar-refractivity contribution in [1.29, 1.82) is 0 Å². The maximum Gasteiger partial charge on any atom is 0.250 e. The number of fused-ring (bicyclic) bond motifs is 1. The number of rotatable bonds is 4. The topological polar surface area (TPSA) is 80.5 Å². The fourth-order valence-corrected chi connectivity index (χ4v) is 3.08. The van der Waals surface area contributed by atoms with Gasteiger partial charge in [-0.05, 0) is 42.2 Å². The number of anilines is 2. The highest BCUT2D eigenvalue weighted by molar-refractivity contribution is 5.99. The van der Waals surface area contributed by atoms with Gasteiger partial charge in [-0.15, -0.1) is 0 Å². The first-order valence-electron chi connectivity index (χ1n) is 7.86. The number of nitrogens with one attached hydrogen (secondary N) is 1. The Morgan fingerprint density at radius 3 is 2.75 bits per heavy atom. The molecule has 1 aliphatic rings. The zero-order chi connectivity index (χ0) is 17.3. The highest BCUT2D eigenvalue weighted by atomic mass is 16.5. The second-order valence-electron chi connectivity index (χ2n) is 6.21. The third-order valence-electron chi connectivity index (χ3n) is 4.51. The number of aromatic nitrogens is 1. The molecule has 0 radical (unpaired) electrons. The highest BCUT2D eigenvalue weighted by Gasteiger charge is 2.43. The molecule has 1 aromatic carbocycles. The van der Waals surface area contributed by atoms with Crippen LogP contribution in [0.1, 0.15) is 17.5 Å². The van der Waals surface area contributed by atoms with Crippen LogP contribution < -0.4 is 20.7 Å². The quantitative estimate of drug-likeness (QED) is 0.897. The number of pyridine rings is 1. The molecule has 1 aliphatic carbocycles. The average Bonchev–Trinajstić information content (AvgIpc) is 2.94. The van der Waals surface area contributed by atoms with Gasteiger partial charge in [-0.25, -0.2) is 4.98 Å². The molecule has 1 amide bonds. The summed E-state index contributed by atoms with van der Waals surface area (Å²) in [5.41, 5.74) is 8.19. The van der Waals surface area contributed by atoms with Crippen molar-refractivity contribution >= 4 is 17.4 Å². The molecule has 0 saturated heterocycles. The van der Waals surface area contributed by atoms with Gasteiger partial charge in [0.1, 0.15) is 17.1 Å². The molecule has 2 aromatic rings. The molecular formula is C18H22N4O2. The Morgan fingerprint density at radius 1 is 1.33 bits per heavy atom. The van der Waals surface area contributed by atoms with Crippen molar-refractivity contribution in [3.63, 3.8) is 0 Å². The minimum atomic E-state index is -1.06. The summed E-state index contributed by atoms with van der Waals surface area (Å²) in [5, 5.41) is 2.83. The Labute approximate surface area is 141 Å². The zero-order valence-electron chi connectivity index (χ0n) is 14.2. The van der Waals surface area contributed by atoms with E-state index < -0.39 is 5.54 Å². The van der Waals surface area contributed by atoms with E-state index in [1.807, 2.05) is 43.3 Å². The van der Waals surface area contributed by atoms with E-state index >= 15 is 0 Å². The van der Waals surface area contributed by atoms with Gasteiger partial charge in [0, 0.05) is 14.1 Å². The van der Waals surface area contributed by atoms with Gasteiger partial charge in [-0.3, -0.25) is 4.79 Å². The lowest BCUT2D eigenvalue weighted by atomic mass is 9.92. The van der Waals surface area contributed by atoms with E-state index in [1.54, 1.807) is 19.4 Å². The Morgan fingerprint density at radius 2 is 2.12 bits per heavy atom. The summed E-state index contributed by atoms with van der Waals surface area (Å²) < 4.78 is 5.38. The van der Waals surface area contributed by atoms with Crippen molar-refractivity contribution in [2.24, 2.45) is 5.73 Å². The zero-order valence-corrected chi connectivity index (χ0v) is 14.2. The van der Waals surface area contributed by atoms with Gasteiger partial charge in [-0.1, -0.05) is 12.1 Å². The molecule has 3 rings (SSSR count). The maximum absolute atomic E-state index is 12.8. The minimum absolute atomic E-state index is 0.250. The first-order valence-corrected chi connectivity index (χ1v) is 7.86. The van der Waals surface area contributed by atoms with Gasteiger partial charge in [0.15, 0.2) is 0 Å². The number of hydrogen-bond donors (Lipinski definition) is 2. The van der Waals surface area contributed by atoms with Crippen LogP contribution >= 0.6 is 0 Å². The highest BCUT2D eigenvalue weighted by Crippen LogP contribution is 2.40. The molecule has 0 aliphatic heterocycles. The molecule has 24 heavy (non-hydrogen) atoms. The van der Waals surface area contributed by atoms with Gasteiger partial charge in [0.05, 0.1) is 19.0 Å². The standard InChI is InChI=1S/C18H22N4O2/c1-22(2)12-7-8-16(20-11-12)21-17(23)18(19)10-9-13-14(18)5-4-6-15(13)24-3/h4-8,11H,9-10,19H2,1-3H3,(H,20,21,23). The smallest absolute Gasteiger partial charge is 0.250 e.